The summed E-state index contributed by atoms with van der Waals surface area (Å²) in [6, 6.07) is 10.00. The van der Waals surface area contributed by atoms with Crippen molar-refractivity contribution in [2.24, 2.45) is 0 Å². The number of amides is 1. The second-order valence-corrected chi connectivity index (χ2v) is 6.26. The molecule has 0 spiro atoms. The summed E-state index contributed by atoms with van der Waals surface area (Å²) in [5, 5.41) is 12.1. The molecule has 1 amide bonds. The van der Waals surface area contributed by atoms with E-state index in [1.165, 1.54) is 11.8 Å². The third-order valence-electron chi connectivity index (χ3n) is 3.54. The van der Waals surface area contributed by atoms with E-state index in [9.17, 15) is 4.79 Å². The van der Waals surface area contributed by atoms with Crippen LogP contribution in [0.3, 0.4) is 0 Å². The van der Waals surface area contributed by atoms with Crippen molar-refractivity contribution in [3.8, 4) is 5.69 Å². The van der Waals surface area contributed by atoms with Gasteiger partial charge in [0, 0.05) is 12.2 Å². The van der Waals surface area contributed by atoms with Crippen LogP contribution >= 0.6 is 11.8 Å². The van der Waals surface area contributed by atoms with Gasteiger partial charge in [0.2, 0.25) is 5.91 Å². The number of nitrogens with one attached hydrogen (secondary N) is 1. The largest absolute Gasteiger partial charge is 0.355 e. The van der Waals surface area contributed by atoms with E-state index in [1.54, 1.807) is 0 Å². The maximum absolute atomic E-state index is 12.1. The molecule has 6 heteroatoms. The summed E-state index contributed by atoms with van der Waals surface area (Å²) in [6.45, 7) is 2.71. The zero-order valence-electron chi connectivity index (χ0n) is 12.0. The Bertz CT molecular complexity index is 626. The summed E-state index contributed by atoms with van der Waals surface area (Å²) in [5.74, 6) is 0.940. The molecule has 1 aliphatic rings. The van der Waals surface area contributed by atoms with E-state index in [2.05, 4.69) is 15.5 Å². The zero-order valence-corrected chi connectivity index (χ0v) is 12.8. The number of benzene rings is 1. The van der Waals surface area contributed by atoms with Gasteiger partial charge in [-0.05, 0) is 31.9 Å². The van der Waals surface area contributed by atoms with E-state index < -0.39 is 0 Å². The van der Waals surface area contributed by atoms with Crippen molar-refractivity contribution in [1.29, 1.82) is 0 Å². The Morgan fingerprint density at radius 3 is 2.86 bits per heavy atom. The van der Waals surface area contributed by atoms with Crippen molar-refractivity contribution in [3.63, 3.8) is 0 Å². The van der Waals surface area contributed by atoms with Crippen molar-refractivity contribution in [1.82, 2.24) is 20.1 Å². The number of hydrogen-bond acceptors (Lipinski definition) is 4. The Morgan fingerprint density at radius 2 is 2.05 bits per heavy atom. The number of thioether (sulfide) groups is 1. The van der Waals surface area contributed by atoms with E-state index >= 15 is 0 Å². The molecule has 0 radical (unpaired) electrons. The molecule has 1 aromatic heterocycles. The van der Waals surface area contributed by atoms with Gasteiger partial charge in [-0.3, -0.25) is 9.36 Å². The molecule has 5 nitrogen and oxygen atoms in total. The molecule has 3 rings (SSSR count). The van der Waals surface area contributed by atoms with Gasteiger partial charge in [-0.2, -0.15) is 0 Å². The van der Waals surface area contributed by atoms with E-state index in [0.29, 0.717) is 0 Å². The summed E-state index contributed by atoms with van der Waals surface area (Å²) >= 11 is 1.51. The molecular weight excluding hydrogens is 284 g/mol. The van der Waals surface area contributed by atoms with Gasteiger partial charge in [-0.25, -0.2) is 0 Å². The van der Waals surface area contributed by atoms with Crippen LogP contribution in [0.25, 0.3) is 5.69 Å². The molecule has 0 bridgehead atoms. The van der Waals surface area contributed by atoms with Crippen molar-refractivity contribution < 1.29 is 4.79 Å². The van der Waals surface area contributed by atoms with Gasteiger partial charge in [-0.15, -0.1) is 10.2 Å². The first-order chi connectivity index (χ1) is 10.3. The predicted octanol–water partition coefficient (Wildman–Crippen LogP) is 2.34. The monoisotopic (exact) mass is 302 g/mol. The minimum Gasteiger partial charge on any atom is -0.355 e. The minimum atomic E-state index is -0.0847. The Balaban J connectivity index is 1.88. The highest BCUT2D eigenvalue weighted by molar-refractivity contribution is 8.00. The van der Waals surface area contributed by atoms with Crippen LogP contribution in [0.4, 0.5) is 0 Å². The lowest BCUT2D eigenvalue weighted by molar-refractivity contribution is -0.120. The van der Waals surface area contributed by atoms with Crippen LogP contribution in [0, 0.1) is 6.92 Å². The number of hydrogen-bond donors (Lipinski definition) is 1. The first kappa shape index (κ1) is 14.1. The molecule has 1 saturated heterocycles. The average molecular weight is 302 g/mol. The SMILES string of the molecule is Cc1nnc(SC2CCCCNC2=O)n1-c1ccccc1. The van der Waals surface area contributed by atoms with Crippen LogP contribution in [0.2, 0.25) is 0 Å². The molecule has 2 aromatic rings. The number of carbonyl (C=O) groups excluding carboxylic acids is 1. The molecule has 110 valence electrons. The fourth-order valence-corrected chi connectivity index (χ4v) is 3.60. The smallest absolute Gasteiger partial charge is 0.233 e. The second-order valence-electron chi connectivity index (χ2n) is 5.09. The molecule has 1 atom stereocenters. The van der Waals surface area contributed by atoms with Crippen LogP contribution in [0.5, 0.6) is 0 Å². The summed E-state index contributed by atoms with van der Waals surface area (Å²) in [5.41, 5.74) is 1.02. The van der Waals surface area contributed by atoms with Crippen LogP contribution in [0.1, 0.15) is 25.1 Å². The first-order valence-electron chi connectivity index (χ1n) is 7.17. The molecule has 1 fully saturated rings. The molecular formula is C15H18N4OS. The van der Waals surface area contributed by atoms with Crippen LogP contribution < -0.4 is 5.32 Å². The Kier molecular flexibility index (Phi) is 4.24. The summed E-state index contributed by atoms with van der Waals surface area (Å²) < 4.78 is 2.00. The molecule has 0 aliphatic carbocycles. The van der Waals surface area contributed by atoms with Crippen molar-refractivity contribution in [2.75, 3.05) is 6.54 Å². The molecule has 0 saturated carbocycles. The highest BCUT2D eigenvalue weighted by atomic mass is 32.2. The van der Waals surface area contributed by atoms with E-state index in [1.807, 2.05) is 41.8 Å². The van der Waals surface area contributed by atoms with Gasteiger partial charge in [0.15, 0.2) is 5.16 Å². The Morgan fingerprint density at radius 1 is 1.24 bits per heavy atom. The maximum atomic E-state index is 12.1. The van der Waals surface area contributed by atoms with Crippen LogP contribution in [0.15, 0.2) is 35.5 Å². The van der Waals surface area contributed by atoms with Crippen LogP contribution in [-0.4, -0.2) is 32.5 Å². The molecule has 2 heterocycles. The van der Waals surface area contributed by atoms with Gasteiger partial charge in [0.25, 0.3) is 0 Å². The fourth-order valence-electron chi connectivity index (χ4n) is 2.44. The lowest BCUT2D eigenvalue weighted by atomic mass is 10.2. The average Bonchev–Trinajstić information content (AvgIpc) is 2.74. The fraction of sp³-hybridized carbons (Fsp3) is 0.400. The predicted molar refractivity (Wildman–Crippen MR) is 82.6 cm³/mol. The molecule has 1 N–H and O–H groups in total. The second kappa shape index (κ2) is 6.30. The molecule has 1 aromatic carbocycles. The third-order valence-corrected chi connectivity index (χ3v) is 4.75. The topological polar surface area (TPSA) is 59.8 Å². The minimum absolute atomic E-state index is 0.0847. The standard InChI is InChI=1S/C15H18N4OS/c1-11-17-18-15(19(11)12-7-3-2-4-8-12)21-13-9-5-6-10-16-14(13)20/h2-4,7-8,13H,5-6,9-10H2,1H3,(H,16,20). The highest BCUT2D eigenvalue weighted by Gasteiger charge is 2.24. The van der Waals surface area contributed by atoms with E-state index in [-0.39, 0.29) is 11.2 Å². The number of aromatic nitrogens is 3. The van der Waals surface area contributed by atoms with Gasteiger partial charge < -0.3 is 5.32 Å². The van der Waals surface area contributed by atoms with Gasteiger partial charge in [0.1, 0.15) is 5.82 Å². The first-order valence-corrected chi connectivity index (χ1v) is 8.05. The summed E-state index contributed by atoms with van der Waals surface area (Å²) in [7, 11) is 0. The molecule has 21 heavy (non-hydrogen) atoms. The third kappa shape index (κ3) is 3.10. The number of nitrogens with zero attached hydrogens (tertiary/aromatic N) is 3. The maximum Gasteiger partial charge on any atom is 0.233 e. The Hall–Kier alpha value is -1.82. The lowest BCUT2D eigenvalue weighted by Gasteiger charge is -2.13. The number of aryl methyl sites for hydroxylation is 1. The number of rotatable bonds is 3. The Labute approximate surface area is 128 Å². The quantitative estimate of drug-likeness (QED) is 0.945. The van der Waals surface area contributed by atoms with E-state index in [4.69, 9.17) is 0 Å². The van der Waals surface area contributed by atoms with Gasteiger partial charge in [-0.1, -0.05) is 36.4 Å². The number of carbonyl (C=O) groups is 1. The van der Waals surface area contributed by atoms with E-state index in [0.717, 1.165) is 42.5 Å². The van der Waals surface area contributed by atoms with Crippen molar-refractivity contribution >= 4 is 17.7 Å². The zero-order chi connectivity index (χ0) is 14.7. The summed E-state index contributed by atoms with van der Waals surface area (Å²) in [4.78, 5) is 12.1. The van der Waals surface area contributed by atoms with Crippen molar-refractivity contribution in [2.45, 2.75) is 36.6 Å². The van der Waals surface area contributed by atoms with Crippen molar-refractivity contribution in [3.05, 3.63) is 36.2 Å². The van der Waals surface area contributed by atoms with Crippen LogP contribution in [-0.2, 0) is 4.79 Å². The molecule has 1 aliphatic heterocycles. The molecule has 1 unspecified atom stereocenters. The summed E-state index contributed by atoms with van der Waals surface area (Å²) in [6.07, 6.45) is 3.00. The van der Waals surface area contributed by atoms with Gasteiger partial charge in [0.05, 0.1) is 5.25 Å². The van der Waals surface area contributed by atoms with Gasteiger partial charge >= 0.3 is 0 Å². The number of para-hydroxylation sites is 1. The lowest BCUT2D eigenvalue weighted by Crippen LogP contribution is -2.30. The highest BCUT2D eigenvalue weighted by Crippen LogP contribution is 2.29. The normalized spacial score (nSPS) is 19.1.